The molecule has 42 heavy (non-hydrogen) atoms. The highest BCUT2D eigenvalue weighted by molar-refractivity contribution is 7.98. The molecule has 0 N–H and O–H groups in total. The van der Waals surface area contributed by atoms with Crippen molar-refractivity contribution < 1.29 is 51.7 Å². The first-order valence-electron chi connectivity index (χ1n) is 11.0. The summed E-state index contributed by atoms with van der Waals surface area (Å²) in [6, 6.07) is 12.3. The fourth-order valence-corrected chi connectivity index (χ4v) is 5.52. The Balaban J connectivity index is 1.92. The molecule has 8 nitrogen and oxygen atoms in total. The summed E-state index contributed by atoms with van der Waals surface area (Å²) in [4.78, 5) is -0.728. The van der Waals surface area contributed by atoms with Gasteiger partial charge in [-0.1, -0.05) is 40.6 Å². The minimum atomic E-state index is -5.15. The van der Waals surface area contributed by atoms with E-state index in [4.69, 9.17) is 0 Å². The van der Waals surface area contributed by atoms with Crippen molar-refractivity contribution in [3.63, 3.8) is 0 Å². The summed E-state index contributed by atoms with van der Waals surface area (Å²) in [5.41, 5.74) is -4.40. The Labute approximate surface area is 245 Å². The average molecular weight is 673 g/mol. The summed E-state index contributed by atoms with van der Waals surface area (Å²) in [6.45, 7) is 0. The lowest BCUT2D eigenvalue weighted by atomic mass is 10.1. The van der Waals surface area contributed by atoms with E-state index in [0.29, 0.717) is 15.9 Å². The Kier molecular flexibility index (Phi) is 10.3. The van der Waals surface area contributed by atoms with Gasteiger partial charge in [0.2, 0.25) is 0 Å². The number of alkyl halides is 6. The highest BCUT2D eigenvalue weighted by atomic mass is 32.2. The van der Waals surface area contributed by atoms with Crippen molar-refractivity contribution in [2.75, 3.05) is 12.5 Å². The molecule has 0 radical (unpaired) electrons. The maximum atomic E-state index is 13.6. The van der Waals surface area contributed by atoms with E-state index in [9.17, 15) is 43.2 Å². The molecule has 226 valence electrons. The van der Waals surface area contributed by atoms with E-state index in [1.165, 1.54) is 47.8 Å². The zero-order valence-electron chi connectivity index (χ0n) is 21.2. The van der Waals surface area contributed by atoms with E-state index in [2.05, 4.69) is 18.9 Å². The largest absolute Gasteiger partial charge is 0.437 e. The van der Waals surface area contributed by atoms with E-state index in [-0.39, 0.29) is 0 Å². The SMILES string of the molecule is CSc1ccc(C(=NOS(=O)(=O)c2cccc(S(=O)(=O)ON=C(c3ccc(SC)cc3)C(F)(F)F)c2)C(F)(F)F)cc1. The zero-order chi connectivity index (χ0) is 31.3. The molecule has 0 saturated heterocycles. The summed E-state index contributed by atoms with van der Waals surface area (Å²) in [7, 11) is -10.3. The first kappa shape index (κ1) is 33.3. The van der Waals surface area contributed by atoms with Gasteiger partial charge in [0, 0.05) is 20.9 Å². The molecular weight excluding hydrogens is 655 g/mol. The lowest BCUT2D eigenvalue weighted by Crippen LogP contribution is -2.25. The molecule has 0 aliphatic rings. The van der Waals surface area contributed by atoms with Crippen LogP contribution in [0, 0.1) is 0 Å². The molecule has 0 atom stereocenters. The predicted octanol–water partition coefficient (Wildman–Crippen LogP) is 6.47. The molecule has 0 aromatic heterocycles. The van der Waals surface area contributed by atoms with Crippen LogP contribution in [0.1, 0.15) is 11.1 Å². The van der Waals surface area contributed by atoms with E-state index in [1.54, 1.807) is 12.5 Å². The van der Waals surface area contributed by atoms with Crippen molar-refractivity contribution in [3.05, 3.63) is 83.9 Å². The van der Waals surface area contributed by atoms with Crippen LogP contribution in [0.3, 0.4) is 0 Å². The number of oxime groups is 2. The standard InChI is InChI=1S/C24H18F6N2O6S4/c1-39-17-10-6-15(7-11-17)21(23(25,26)27)31-37-41(33,34)19-4-3-5-20(14-19)42(35,36)38-32-22(24(28,29)30)16-8-12-18(40-2)13-9-16/h3-14H,1-2H3. The Morgan fingerprint density at radius 2 is 0.952 bits per heavy atom. The van der Waals surface area contributed by atoms with E-state index in [1.807, 2.05) is 0 Å². The van der Waals surface area contributed by atoms with Gasteiger partial charge in [0.05, 0.1) is 0 Å². The fourth-order valence-electron chi connectivity index (χ4n) is 3.08. The lowest BCUT2D eigenvalue weighted by Gasteiger charge is -2.12. The first-order valence-corrected chi connectivity index (χ1v) is 16.3. The van der Waals surface area contributed by atoms with Gasteiger partial charge in [0.25, 0.3) is 0 Å². The number of thioether (sulfide) groups is 2. The molecule has 0 amide bonds. The van der Waals surface area contributed by atoms with Crippen LogP contribution in [-0.2, 0) is 28.8 Å². The Morgan fingerprint density at radius 1 is 0.619 bits per heavy atom. The van der Waals surface area contributed by atoms with Crippen molar-refractivity contribution in [2.45, 2.75) is 31.9 Å². The van der Waals surface area contributed by atoms with E-state index in [0.717, 1.165) is 42.5 Å². The second-order valence-corrected chi connectivity index (χ2v) is 12.7. The Morgan fingerprint density at radius 3 is 1.24 bits per heavy atom. The monoisotopic (exact) mass is 672 g/mol. The normalized spacial score (nSPS) is 13.6. The van der Waals surface area contributed by atoms with Crippen molar-refractivity contribution in [3.8, 4) is 0 Å². The van der Waals surface area contributed by atoms with Crippen molar-refractivity contribution in [1.29, 1.82) is 0 Å². The molecule has 0 bridgehead atoms. The minimum absolute atomic E-state index is 0.400. The van der Waals surface area contributed by atoms with Gasteiger partial charge in [-0.25, -0.2) is 0 Å². The Bertz CT molecular complexity index is 1570. The van der Waals surface area contributed by atoms with Crippen LogP contribution in [0.25, 0.3) is 0 Å². The third-order valence-electron chi connectivity index (χ3n) is 5.10. The molecule has 0 spiro atoms. The van der Waals surface area contributed by atoms with Crippen LogP contribution in [-0.4, -0.2) is 53.1 Å². The van der Waals surface area contributed by atoms with Crippen LogP contribution >= 0.6 is 23.5 Å². The molecule has 3 aromatic rings. The van der Waals surface area contributed by atoms with E-state index >= 15 is 0 Å². The molecule has 18 heteroatoms. The van der Waals surface area contributed by atoms with Gasteiger partial charge in [-0.2, -0.15) is 43.2 Å². The number of rotatable bonds is 10. The summed E-state index contributed by atoms with van der Waals surface area (Å²) in [6.07, 6.45) is -6.90. The zero-order valence-corrected chi connectivity index (χ0v) is 24.4. The fraction of sp³-hybridized carbons (Fsp3) is 0.167. The molecule has 0 heterocycles. The van der Waals surface area contributed by atoms with Gasteiger partial charge in [-0.15, -0.1) is 23.5 Å². The first-order chi connectivity index (χ1) is 19.5. The molecule has 0 unspecified atom stereocenters. The lowest BCUT2D eigenvalue weighted by molar-refractivity contribution is -0.0606. The second kappa shape index (κ2) is 13.0. The maximum absolute atomic E-state index is 13.6. The molecule has 0 aliphatic carbocycles. The van der Waals surface area contributed by atoms with Crippen LogP contribution in [0.2, 0.25) is 0 Å². The van der Waals surface area contributed by atoms with Gasteiger partial charge in [-0.05, 0) is 55.0 Å². The summed E-state index contributed by atoms with van der Waals surface area (Å²) >= 11 is 2.50. The van der Waals surface area contributed by atoms with Gasteiger partial charge >= 0.3 is 32.6 Å². The summed E-state index contributed by atoms with van der Waals surface area (Å²) in [5.74, 6) is 0. The molecule has 3 rings (SSSR count). The summed E-state index contributed by atoms with van der Waals surface area (Å²) < 4.78 is 140. The maximum Gasteiger partial charge on any atom is 0.437 e. The number of nitrogens with zero attached hydrogens (tertiary/aromatic N) is 2. The highest BCUT2D eigenvalue weighted by Gasteiger charge is 2.39. The quantitative estimate of drug-likeness (QED) is 0.104. The van der Waals surface area contributed by atoms with Gasteiger partial charge < -0.3 is 0 Å². The third kappa shape index (κ3) is 8.42. The van der Waals surface area contributed by atoms with Crippen molar-refractivity contribution in [2.24, 2.45) is 10.3 Å². The molecule has 0 saturated carbocycles. The summed E-state index contributed by atoms with van der Waals surface area (Å²) in [5, 5.41) is 5.52. The smallest absolute Gasteiger partial charge is 0.264 e. The Hall–Kier alpha value is -3.22. The van der Waals surface area contributed by atoms with Crippen LogP contribution in [0.5, 0.6) is 0 Å². The number of halogens is 6. The highest BCUT2D eigenvalue weighted by Crippen LogP contribution is 2.28. The number of benzene rings is 3. The predicted molar refractivity (Wildman–Crippen MR) is 145 cm³/mol. The van der Waals surface area contributed by atoms with Crippen molar-refractivity contribution >= 4 is 55.2 Å². The number of hydrogen-bond donors (Lipinski definition) is 0. The average Bonchev–Trinajstić information content (AvgIpc) is 2.92. The molecule has 0 fully saturated rings. The molecule has 0 aliphatic heterocycles. The van der Waals surface area contributed by atoms with Gasteiger partial charge in [0.15, 0.2) is 11.4 Å². The van der Waals surface area contributed by atoms with Crippen molar-refractivity contribution in [1.82, 2.24) is 0 Å². The topological polar surface area (TPSA) is 111 Å². The van der Waals surface area contributed by atoms with Gasteiger partial charge in [0.1, 0.15) is 9.79 Å². The minimum Gasteiger partial charge on any atom is -0.264 e. The van der Waals surface area contributed by atoms with Gasteiger partial charge in [-0.3, -0.25) is 8.57 Å². The van der Waals surface area contributed by atoms with Crippen LogP contribution in [0.4, 0.5) is 26.3 Å². The van der Waals surface area contributed by atoms with Crippen LogP contribution < -0.4 is 0 Å². The van der Waals surface area contributed by atoms with Crippen LogP contribution in [0.15, 0.2) is 103 Å². The molecule has 3 aromatic carbocycles. The van der Waals surface area contributed by atoms with E-state index < -0.39 is 64.9 Å². The molecular formula is C24H18F6N2O6S4. The third-order valence-corrected chi connectivity index (χ3v) is 8.79. The second-order valence-electron chi connectivity index (χ2n) is 7.86. The number of hydrogen-bond acceptors (Lipinski definition) is 10.